The average Bonchev–Trinajstić information content (AvgIpc) is 2.29. The van der Waals surface area contributed by atoms with Crippen LogP contribution in [-0.2, 0) is 4.74 Å². The van der Waals surface area contributed by atoms with Crippen LogP contribution in [0, 0.1) is 0 Å². The zero-order valence-electron chi connectivity index (χ0n) is 9.70. The van der Waals surface area contributed by atoms with Crippen LogP contribution in [0.25, 0.3) is 0 Å². The third kappa shape index (κ3) is 4.82. The summed E-state index contributed by atoms with van der Waals surface area (Å²) in [5.74, 6) is 0. The van der Waals surface area contributed by atoms with Gasteiger partial charge in [0, 0.05) is 35.4 Å². The molecule has 3 nitrogen and oxygen atoms in total. The Bertz CT molecular complexity index is 360. The third-order valence-electron chi connectivity index (χ3n) is 2.54. The van der Waals surface area contributed by atoms with Gasteiger partial charge in [0.2, 0.25) is 0 Å². The van der Waals surface area contributed by atoms with Crippen LogP contribution in [0.1, 0.15) is 24.5 Å². The lowest BCUT2D eigenvalue weighted by atomic mass is 10.0. The van der Waals surface area contributed by atoms with Gasteiger partial charge in [0.1, 0.15) is 0 Å². The molecule has 0 heterocycles. The van der Waals surface area contributed by atoms with Crippen molar-refractivity contribution in [3.63, 3.8) is 0 Å². The largest absolute Gasteiger partial charge is 0.388 e. The van der Waals surface area contributed by atoms with Crippen molar-refractivity contribution in [3.05, 3.63) is 33.8 Å². The molecule has 2 unspecified atom stereocenters. The zero-order chi connectivity index (χ0) is 12.8. The highest BCUT2D eigenvalue weighted by Crippen LogP contribution is 2.28. The molecule has 1 aromatic rings. The van der Waals surface area contributed by atoms with Gasteiger partial charge in [-0.3, -0.25) is 0 Å². The summed E-state index contributed by atoms with van der Waals surface area (Å²) in [4.78, 5) is 0. The van der Waals surface area contributed by atoms with Crippen LogP contribution in [0.15, 0.2) is 18.2 Å². The van der Waals surface area contributed by atoms with E-state index < -0.39 is 6.10 Å². The molecule has 0 aliphatic rings. The first-order valence-corrected chi connectivity index (χ1v) is 6.17. The fraction of sp³-hybridized carbons (Fsp3) is 0.500. The van der Waals surface area contributed by atoms with Gasteiger partial charge in [0.05, 0.1) is 6.10 Å². The number of hydrogen-bond acceptors (Lipinski definition) is 3. The maximum atomic E-state index is 10.0. The van der Waals surface area contributed by atoms with E-state index in [1.165, 1.54) is 0 Å². The summed E-state index contributed by atoms with van der Waals surface area (Å²) in [6.45, 7) is 0.581. The summed E-state index contributed by atoms with van der Waals surface area (Å²) < 4.78 is 4.93. The van der Waals surface area contributed by atoms with E-state index in [1.54, 1.807) is 25.3 Å². The van der Waals surface area contributed by atoms with E-state index in [2.05, 4.69) is 0 Å². The Balaban J connectivity index is 2.62. The predicted molar refractivity (Wildman–Crippen MR) is 70.5 cm³/mol. The van der Waals surface area contributed by atoms with Gasteiger partial charge < -0.3 is 15.6 Å². The minimum atomic E-state index is -0.701. The van der Waals surface area contributed by atoms with Crippen LogP contribution in [-0.4, -0.2) is 24.9 Å². The predicted octanol–water partition coefficient (Wildman–Crippen LogP) is 2.78. The quantitative estimate of drug-likeness (QED) is 0.841. The molecule has 0 aromatic heterocycles. The lowest BCUT2D eigenvalue weighted by molar-refractivity contribution is 0.141. The SMILES string of the molecule is COCCC(N)CC(O)c1cc(Cl)ccc1Cl. The molecule has 0 spiro atoms. The summed E-state index contributed by atoms with van der Waals surface area (Å²) in [5, 5.41) is 11.1. The highest BCUT2D eigenvalue weighted by molar-refractivity contribution is 6.33. The normalized spacial score (nSPS) is 14.6. The number of hydrogen-bond donors (Lipinski definition) is 2. The summed E-state index contributed by atoms with van der Waals surface area (Å²) in [6.07, 6.45) is 0.433. The van der Waals surface area contributed by atoms with Crippen molar-refractivity contribution in [2.75, 3.05) is 13.7 Å². The highest BCUT2D eigenvalue weighted by atomic mass is 35.5. The van der Waals surface area contributed by atoms with Gasteiger partial charge in [0.15, 0.2) is 0 Å². The Hall–Kier alpha value is -0.320. The minimum absolute atomic E-state index is 0.125. The van der Waals surface area contributed by atoms with Gasteiger partial charge in [-0.1, -0.05) is 23.2 Å². The molecule has 0 saturated heterocycles. The van der Waals surface area contributed by atoms with E-state index in [9.17, 15) is 5.11 Å². The number of aliphatic hydroxyl groups is 1. The lowest BCUT2D eigenvalue weighted by Crippen LogP contribution is -2.24. The molecular formula is C12H17Cl2NO2. The fourth-order valence-electron chi connectivity index (χ4n) is 1.57. The second-order valence-corrected chi connectivity index (χ2v) is 4.80. The van der Waals surface area contributed by atoms with Crippen molar-refractivity contribution in [2.24, 2.45) is 5.73 Å². The van der Waals surface area contributed by atoms with Gasteiger partial charge in [-0.2, -0.15) is 0 Å². The molecule has 17 heavy (non-hydrogen) atoms. The number of halogens is 2. The van der Waals surface area contributed by atoms with Gasteiger partial charge in [-0.05, 0) is 31.0 Å². The second-order valence-electron chi connectivity index (χ2n) is 3.96. The monoisotopic (exact) mass is 277 g/mol. The topological polar surface area (TPSA) is 55.5 Å². The van der Waals surface area contributed by atoms with Crippen molar-refractivity contribution in [1.82, 2.24) is 0 Å². The van der Waals surface area contributed by atoms with Crippen molar-refractivity contribution < 1.29 is 9.84 Å². The molecule has 2 atom stereocenters. The number of aliphatic hydroxyl groups excluding tert-OH is 1. The van der Waals surface area contributed by atoms with E-state index in [0.717, 1.165) is 0 Å². The summed E-state index contributed by atoms with van der Waals surface area (Å²) in [5.41, 5.74) is 6.49. The molecule has 0 aliphatic carbocycles. The standard InChI is InChI=1S/C12H17Cl2NO2/c1-17-5-4-9(15)7-12(16)10-6-8(13)2-3-11(10)14/h2-3,6,9,12,16H,4-5,7,15H2,1H3. The van der Waals surface area contributed by atoms with Crippen LogP contribution in [0.4, 0.5) is 0 Å². The Morgan fingerprint density at radius 1 is 1.41 bits per heavy atom. The summed E-state index contributed by atoms with van der Waals surface area (Å²) >= 11 is 11.9. The maximum absolute atomic E-state index is 10.0. The molecule has 0 amide bonds. The van der Waals surface area contributed by atoms with Crippen molar-refractivity contribution >= 4 is 23.2 Å². The molecule has 0 fully saturated rings. The van der Waals surface area contributed by atoms with Crippen LogP contribution in [0.2, 0.25) is 10.0 Å². The molecule has 5 heteroatoms. The van der Waals surface area contributed by atoms with E-state index in [1.807, 2.05) is 0 Å². The van der Waals surface area contributed by atoms with E-state index in [0.29, 0.717) is 35.1 Å². The number of rotatable bonds is 6. The molecule has 0 bridgehead atoms. The van der Waals surface area contributed by atoms with Gasteiger partial charge in [-0.25, -0.2) is 0 Å². The molecule has 0 saturated carbocycles. The average molecular weight is 278 g/mol. The minimum Gasteiger partial charge on any atom is -0.388 e. The van der Waals surface area contributed by atoms with E-state index in [-0.39, 0.29) is 6.04 Å². The maximum Gasteiger partial charge on any atom is 0.0819 e. The number of ether oxygens (including phenoxy) is 1. The third-order valence-corrected chi connectivity index (χ3v) is 3.12. The Morgan fingerprint density at radius 2 is 2.12 bits per heavy atom. The van der Waals surface area contributed by atoms with Crippen LogP contribution >= 0.6 is 23.2 Å². The number of benzene rings is 1. The van der Waals surface area contributed by atoms with E-state index in [4.69, 9.17) is 33.7 Å². The lowest BCUT2D eigenvalue weighted by Gasteiger charge is -2.17. The molecule has 0 aliphatic heterocycles. The first-order chi connectivity index (χ1) is 8.04. The van der Waals surface area contributed by atoms with Crippen molar-refractivity contribution in [3.8, 4) is 0 Å². The molecule has 1 rings (SSSR count). The first-order valence-electron chi connectivity index (χ1n) is 5.42. The molecule has 96 valence electrons. The fourth-order valence-corrected chi connectivity index (χ4v) is 1.99. The van der Waals surface area contributed by atoms with Gasteiger partial charge in [0.25, 0.3) is 0 Å². The Kier molecular flexibility index (Phi) is 6.23. The molecule has 3 N–H and O–H groups in total. The second kappa shape index (κ2) is 7.19. The zero-order valence-corrected chi connectivity index (χ0v) is 11.2. The number of nitrogens with two attached hydrogens (primary N) is 1. The van der Waals surface area contributed by atoms with Crippen LogP contribution < -0.4 is 5.73 Å². The highest BCUT2D eigenvalue weighted by Gasteiger charge is 2.15. The smallest absolute Gasteiger partial charge is 0.0819 e. The Morgan fingerprint density at radius 3 is 2.76 bits per heavy atom. The van der Waals surface area contributed by atoms with Crippen LogP contribution in [0.3, 0.4) is 0 Å². The van der Waals surface area contributed by atoms with Crippen LogP contribution in [0.5, 0.6) is 0 Å². The first kappa shape index (κ1) is 14.7. The molecule has 0 radical (unpaired) electrons. The van der Waals surface area contributed by atoms with Gasteiger partial charge in [-0.15, -0.1) is 0 Å². The van der Waals surface area contributed by atoms with Crippen molar-refractivity contribution in [2.45, 2.75) is 25.0 Å². The summed E-state index contributed by atoms with van der Waals surface area (Å²) in [6, 6.07) is 4.89. The van der Waals surface area contributed by atoms with E-state index >= 15 is 0 Å². The summed E-state index contributed by atoms with van der Waals surface area (Å²) in [7, 11) is 1.62. The number of methoxy groups -OCH3 is 1. The molecular weight excluding hydrogens is 261 g/mol. The molecule has 1 aromatic carbocycles. The van der Waals surface area contributed by atoms with Crippen molar-refractivity contribution in [1.29, 1.82) is 0 Å². The van der Waals surface area contributed by atoms with Gasteiger partial charge >= 0.3 is 0 Å². The Labute approximate surface area is 111 Å².